The van der Waals surface area contributed by atoms with Gasteiger partial charge in [0, 0.05) is 38.3 Å². The number of ether oxygens (including phenoxy) is 1. The van der Waals surface area contributed by atoms with E-state index in [0.29, 0.717) is 12.3 Å². The van der Waals surface area contributed by atoms with Gasteiger partial charge >= 0.3 is 0 Å². The lowest BCUT2D eigenvalue weighted by atomic mass is 10.0. The molecule has 0 bridgehead atoms. The lowest BCUT2D eigenvalue weighted by Gasteiger charge is -2.44. The van der Waals surface area contributed by atoms with Crippen molar-refractivity contribution in [2.45, 2.75) is 45.1 Å². The van der Waals surface area contributed by atoms with Crippen LogP contribution in [0.4, 0.5) is 0 Å². The molecule has 0 spiro atoms. The fourth-order valence-corrected chi connectivity index (χ4v) is 4.70. The smallest absolute Gasteiger partial charge is 0.244 e. The number of hydrogen-bond donors (Lipinski definition) is 1. The lowest BCUT2D eigenvalue weighted by molar-refractivity contribution is 0.0571. The standard InChI is InChI=1S/C19H33N3O3S/c1-7-21-8-10-22(11-9-21)19(4,5)14-20-26(23,24)18-13-16(3)15(2)12-17(18)25-6/h12-13,20H,7-11,14H2,1-6H3. The summed E-state index contributed by atoms with van der Waals surface area (Å²) in [7, 11) is -2.14. The molecule has 1 N–H and O–H groups in total. The predicted molar refractivity (Wildman–Crippen MR) is 105 cm³/mol. The minimum Gasteiger partial charge on any atom is -0.495 e. The Kier molecular flexibility index (Phi) is 6.71. The summed E-state index contributed by atoms with van der Waals surface area (Å²) in [5.41, 5.74) is 1.69. The molecule has 1 saturated heterocycles. The van der Waals surface area contributed by atoms with Crippen molar-refractivity contribution in [3.05, 3.63) is 23.3 Å². The van der Waals surface area contributed by atoms with E-state index in [4.69, 9.17) is 4.74 Å². The van der Waals surface area contributed by atoms with Gasteiger partial charge in [-0.3, -0.25) is 4.90 Å². The van der Waals surface area contributed by atoms with Gasteiger partial charge in [-0.15, -0.1) is 0 Å². The molecule has 0 unspecified atom stereocenters. The Hall–Kier alpha value is -1.15. The summed E-state index contributed by atoms with van der Waals surface area (Å²) >= 11 is 0. The lowest BCUT2D eigenvalue weighted by Crippen LogP contribution is -2.58. The molecular formula is C19H33N3O3S. The van der Waals surface area contributed by atoms with Crippen LogP contribution in [-0.2, 0) is 10.0 Å². The van der Waals surface area contributed by atoms with E-state index in [1.807, 2.05) is 13.8 Å². The Bertz CT molecular complexity index is 724. The second kappa shape index (κ2) is 8.25. The van der Waals surface area contributed by atoms with Crippen LogP contribution in [0.15, 0.2) is 17.0 Å². The molecule has 1 fully saturated rings. The van der Waals surface area contributed by atoms with E-state index in [9.17, 15) is 8.42 Å². The number of piperazine rings is 1. The van der Waals surface area contributed by atoms with Crippen LogP contribution in [0.5, 0.6) is 5.75 Å². The topological polar surface area (TPSA) is 61.9 Å². The summed E-state index contributed by atoms with van der Waals surface area (Å²) in [6, 6.07) is 3.46. The van der Waals surface area contributed by atoms with Crippen LogP contribution in [0, 0.1) is 13.8 Å². The van der Waals surface area contributed by atoms with Crippen LogP contribution in [-0.4, -0.2) is 70.1 Å². The van der Waals surface area contributed by atoms with Gasteiger partial charge in [-0.25, -0.2) is 13.1 Å². The normalized spacial score (nSPS) is 17.5. The molecule has 0 amide bonds. The Labute approximate surface area is 158 Å². The van der Waals surface area contributed by atoms with Crippen LogP contribution >= 0.6 is 0 Å². The van der Waals surface area contributed by atoms with E-state index in [0.717, 1.165) is 43.9 Å². The van der Waals surface area contributed by atoms with Crippen LogP contribution in [0.1, 0.15) is 31.9 Å². The fraction of sp³-hybridized carbons (Fsp3) is 0.684. The molecule has 1 aliphatic rings. The molecule has 6 nitrogen and oxygen atoms in total. The summed E-state index contributed by atoms with van der Waals surface area (Å²) in [5, 5.41) is 0. The molecule has 148 valence electrons. The molecule has 1 aromatic carbocycles. The molecular weight excluding hydrogens is 350 g/mol. The highest BCUT2D eigenvalue weighted by molar-refractivity contribution is 7.89. The minimum atomic E-state index is -3.64. The third-order valence-electron chi connectivity index (χ3n) is 5.44. The van der Waals surface area contributed by atoms with Crippen molar-refractivity contribution in [3.63, 3.8) is 0 Å². The van der Waals surface area contributed by atoms with E-state index in [2.05, 4.69) is 35.3 Å². The van der Waals surface area contributed by atoms with Gasteiger partial charge in [0.1, 0.15) is 10.6 Å². The van der Waals surface area contributed by atoms with Gasteiger partial charge in [-0.05, 0) is 57.5 Å². The van der Waals surface area contributed by atoms with Gasteiger partial charge in [0.15, 0.2) is 0 Å². The van der Waals surface area contributed by atoms with Gasteiger partial charge in [-0.1, -0.05) is 6.92 Å². The van der Waals surface area contributed by atoms with Crippen LogP contribution in [0.3, 0.4) is 0 Å². The molecule has 1 aromatic rings. The first-order valence-corrected chi connectivity index (χ1v) is 10.7. The van der Waals surface area contributed by atoms with Crippen LogP contribution < -0.4 is 9.46 Å². The van der Waals surface area contributed by atoms with Gasteiger partial charge in [0.05, 0.1) is 7.11 Å². The number of aryl methyl sites for hydroxylation is 2. The van der Waals surface area contributed by atoms with Gasteiger partial charge in [-0.2, -0.15) is 0 Å². The summed E-state index contributed by atoms with van der Waals surface area (Å²) in [4.78, 5) is 4.98. The van der Waals surface area contributed by atoms with Crippen LogP contribution in [0.25, 0.3) is 0 Å². The molecule has 0 aromatic heterocycles. The Morgan fingerprint density at radius 3 is 2.23 bits per heavy atom. The first-order chi connectivity index (χ1) is 12.1. The molecule has 1 heterocycles. The molecule has 1 aliphatic heterocycles. The molecule has 7 heteroatoms. The van der Waals surface area contributed by atoms with Crippen molar-refractivity contribution in [2.75, 3.05) is 46.4 Å². The number of hydrogen-bond acceptors (Lipinski definition) is 5. The highest BCUT2D eigenvalue weighted by atomic mass is 32.2. The minimum absolute atomic E-state index is 0.203. The van der Waals surface area contributed by atoms with Crippen molar-refractivity contribution < 1.29 is 13.2 Å². The van der Waals surface area contributed by atoms with E-state index < -0.39 is 10.0 Å². The second-order valence-electron chi connectivity index (χ2n) is 7.65. The number of likely N-dealkylation sites (N-methyl/N-ethyl adjacent to an activating group) is 1. The molecule has 26 heavy (non-hydrogen) atoms. The number of rotatable bonds is 7. The van der Waals surface area contributed by atoms with Crippen molar-refractivity contribution in [1.82, 2.24) is 14.5 Å². The quantitative estimate of drug-likeness (QED) is 0.780. The summed E-state index contributed by atoms with van der Waals surface area (Å²) < 4.78 is 33.9. The third kappa shape index (κ3) is 4.76. The van der Waals surface area contributed by atoms with Crippen molar-refractivity contribution in [2.24, 2.45) is 0 Å². The van der Waals surface area contributed by atoms with Crippen molar-refractivity contribution >= 4 is 10.0 Å². The average molecular weight is 384 g/mol. The van der Waals surface area contributed by atoms with Crippen LogP contribution in [0.2, 0.25) is 0 Å². The molecule has 0 radical (unpaired) electrons. The Morgan fingerprint density at radius 2 is 1.69 bits per heavy atom. The number of nitrogens with zero attached hydrogens (tertiary/aromatic N) is 2. The fourth-order valence-electron chi connectivity index (χ4n) is 3.26. The van der Waals surface area contributed by atoms with Gasteiger partial charge in [0.2, 0.25) is 10.0 Å². The molecule has 0 aliphatic carbocycles. The SMILES string of the molecule is CCN1CCN(C(C)(C)CNS(=O)(=O)c2cc(C)c(C)cc2OC)CC1. The number of nitrogens with one attached hydrogen (secondary N) is 1. The largest absolute Gasteiger partial charge is 0.495 e. The summed E-state index contributed by atoms with van der Waals surface area (Å²) in [6.45, 7) is 15.6. The van der Waals surface area contributed by atoms with E-state index in [-0.39, 0.29) is 10.4 Å². The maximum atomic E-state index is 12.9. The van der Waals surface area contributed by atoms with Crippen molar-refractivity contribution in [3.8, 4) is 5.75 Å². The van der Waals surface area contributed by atoms with E-state index in [1.165, 1.54) is 7.11 Å². The van der Waals surface area contributed by atoms with Gasteiger partial charge in [0.25, 0.3) is 0 Å². The molecule has 0 saturated carbocycles. The number of methoxy groups -OCH3 is 1. The monoisotopic (exact) mass is 383 g/mol. The van der Waals surface area contributed by atoms with E-state index in [1.54, 1.807) is 12.1 Å². The average Bonchev–Trinajstić information content (AvgIpc) is 2.62. The molecule has 2 rings (SSSR count). The predicted octanol–water partition coefficient (Wildman–Crippen LogP) is 2.01. The van der Waals surface area contributed by atoms with Crippen molar-refractivity contribution in [1.29, 1.82) is 0 Å². The zero-order valence-corrected chi connectivity index (χ0v) is 17.7. The maximum Gasteiger partial charge on any atom is 0.244 e. The third-order valence-corrected chi connectivity index (χ3v) is 6.86. The number of benzene rings is 1. The second-order valence-corrected chi connectivity index (χ2v) is 9.38. The highest BCUT2D eigenvalue weighted by Crippen LogP contribution is 2.27. The summed E-state index contributed by atoms with van der Waals surface area (Å²) in [5.74, 6) is 0.384. The first-order valence-electron chi connectivity index (χ1n) is 9.23. The molecule has 0 atom stereocenters. The van der Waals surface area contributed by atoms with Gasteiger partial charge < -0.3 is 9.64 Å². The zero-order valence-electron chi connectivity index (χ0n) is 16.9. The maximum absolute atomic E-state index is 12.9. The summed E-state index contributed by atoms with van der Waals surface area (Å²) in [6.07, 6.45) is 0. The Morgan fingerprint density at radius 1 is 1.12 bits per heavy atom. The highest BCUT2D eigenvalue weighted by Gasteiger charge is 2.31. The Balaban J connectivity index is 2.11. The number of sulfonamides is 1. The first kappa shape index (κ1) is 21.2. The zero-order chi connectivity index (χ0) is 19.5. The van der Waals surface area contributed by atoms with E-state index >= 15 is 0 Å².